The molecule has 1 saturated heterocycles. The largest absolute Gasteiger partial charge is 0.496 e. The number of benzene rings is 2. The fourth-order valence-corrected chi connectivity index (χ4v) is 6.32. The van der Waals surface area contributed by atoms with E-state index in [1.54, 1.807) is 42.5 Å². The topological polar surface area (TPSA) is 96.0 Å². The Hall–Kier alpha value is -1.98. The first kappa shape index (κ1) is 22.7. The van der Waals surface area contributed by atoms with E-state index in [4.69, 9.17) is 4.74 Å². The molecule has 1 heterocycles. The Bertz CT molecular complexity index is 1040. The number of nitrogens with one attached hydrogen (secondary N) is 1. The van der Waals surface area contributed by atoms with Gasteiger partial charge < -0.3 is 10.1 Å². The number of methoxy groups -OCH3 is 1. The van der Waals surface area contributed by atoms with Crippen molar-refractivity contribution in [3.05, 3.63) is 60.2 Å². The van der Waals surface area contributed by atoms with E-state index < -0.39 is 20.0 Å². The summed E-state index contributed by atoms with van der Waals surface area (Å²) in [6, 6.07) is 15.2. The predicted octanol–water partition coefficient (Wildman–Crippen LogP) is 1.12. The van der Waals surface area contributed by atoms with Gasteiger partial charge in [0, 0.05) is 44.8 Å². The normalized spacial score (nSPS) is 15.9. The Morgan fingerprint density at radius 1 is 0.967 bits per heavy atom. The number of nitrogens with zero attached hydrogens (tertiary/aromatic N) is 2. The van der Waals surface area contributed by atoms with Crippen LogP contribution in [0.15, 0.2) is 59.5 Å². The van der Waals surface area contributed by atoms with Gasteiger partial charge in [0.15, 0.2) is 0 Å². The summed E-state index contributed by atoms with van der Waals surface area (Å²) >= 11 is 0. The van der Waals surface area contributed by atoms with Crippen LogP contribution in [-0.2, 0) is 26.6 Å². The minimum atomic E-state index is -3.89. The molecule has 1 fully saturated rings. The zero-order valence-electron chi connectivity index (χ0n) is 16.9. The number of ether oxygens (including phenoxy) is 1. The van der Waals surface area contributed by atoms with Crippen LogP contribution in [0.4, 0.5) is 0 Å². The Morgan fingerprint density at radius 3 is 2.27 bits per heavy atom. The first-order chi connectivity index (χ1) is 14.3. The van der Waals surface area contributed by atoms with E-state index in [0.717, 1.165) is 0 Å². The van der Waals surface area contributed by atoms with Crippen LogP contribution in [0.1, 0.15) is 5.56 Å². The van der Waals surface area contributed by atoms with Crippen LogP contribution in [0.2, 0.25) is 0 Å². The summed E-state index contributed by atoms with van der Waals surface area (Å²) in [5.41, 5.74) is 0.666. The second kappa shape index (κ2) is 9.88. The molecule has 0 aromatic heterocycles. The average molecular weight is 454 g/mol. The van der Waals surface area contributed by atoms with Crippen molar-refractivity contribution in [3.8, 4) is 5.75 Å². The highest BCUT2D eigenvalue weighted by molar-refractivity contribution is 7.90. The fraction of sp³-hybridized carbons (Fsp3) is 0.400. The molecular formula is C20H27N3O5S2. The molecule has 0 aliphatic carbocycles. The number of hydrogen-bond acceptors (Lipinski definition) is 6. The highest BCUT2D eigenvalue weighted by Gasteiger charge is 2.30. The molecule has 2 aromatic rings. The molecule has 30 heavy (non-hydrogen) atoms. The van der Waals surface area contributed by atoms with Crippen LogP contribution < -0.4 is 10.1 Å². The van der Waals surface area contributed by atoms with Gasteiger partial charge in [-0.1, -0.05) is 36.4 Å². The zero-order chi connectivity index (χ0) is 21.6. The van der Waals surface area contributed by atoms with E-state index in [2.05, 4.69) is 5.32 Å². The molecule has 10 heteroatoms. The predicted molar refractivity (Wildman–Crippen MR) is 115 cm³/mol. The summed E-state index contributed by atoms with van der Waals surface area (Å²) in [7, 11) is -5.95. The lowest BCUT2D eigenvalue weighted by atomic mass is 10.2. The van der Waals surface area contributed by atoms with E-state index in [0.29, 0.717) is 37.5 Å². The molecule has 1 aliphatic rings. The lowest BCUT2D eigenvalue weighted by molar-refractivity contribution is 0.354. The lowest BCUT2D eigenvalue weighted by Crippen LogP contribution is -2.48. The second-order valence-electron chi connectivity index (χ2n) is 6.93. The van der Waals surface area contributed by atoms with Crippen molar-refractivity contribution >= 4 is 20.0 Å². The van der Waals surface area contributed by atoms with Crippen molar-refractivity contribution in [1.82, 2.24) is 13.9 Å². The van der Waals surface area contributed by atoms with Crippen molar-refractivity contribution in [3.63, 3.8) is 0 Å². The molecule has 3 rings (SSSR count). The molecule has 0 bridgehead atoms. The maximum atomic E-state index is 13.3. The van der Waals surface area contributed by atoms with Crippen LogP contribution in [0.3, 0.4) is 0 Å². The van der Waals surface area contributed by atoms with Gasteiger partial charge in [0.25, 0.3) is 0 Å². The molecule has 2 aromatic carbocycles. The molecule has 8 nitrogen and oxygen atoms in total. The maximum absolute atomic E-state index is 13.3. The number of rotatable bonds is 9. The number of para-hydroxylation sites is 1. The third kappa shape index (κ3) is 5.38. The highest BCUT2D eigenvalue weighted by Crippen LogP contribution is 2.24. The van der Waals surface area contributed by atoms with Gasteiger partial charge in [0.2, 0.25) is 20.0 Å². The van der Waals surface area contributed by atoms with Crippen LogP contribution >= 0.6 is 0 Å². The lowest BCUT2D eigenvalue weighted by Gasteiger charge is -2.28. The van der Waals surface area contributed by atoms with E-state index >= 15 is 0 Å². The molecule has 0 saturated carbocycles. The van der Waals surface area contributed by atoms with Crippen molar-refractivity contribution < 1.29 is 21.6 Å². The van der Waals surface area contributed by atoms with Crippen LogP contribution in [0, 0.1) is 0 Å². The van der Waals surface area contributed by atoms with Gasteiger partial charge in [0.05, 0.1) is 17.8 Å². The minimum Gasteiger partial charge on any atom is -0.496 e. The monoisotopic (exact) mass is 453 g/mol. The average Bonchev–Trinajstić information content (AvgIpc) is 2.78. The van der Waals surface area contributed by atoms with E-state index in [9.17, 15) is 16.8 Å². The van der Waals surface area contributed by atoms with Gasteiger partial charge in [0.1, 0.15) is 5.75 Å². The van der Waals surface area contributed by atoms with Gasteiger partial charge in [-0.25, -0.2) is 16.8 Å². The van der Waals surface area contributed by atoms with E-state index in [1.165, 1.54) is 27.9 Å². The minimum absolute atomic E-state index is 0.0122. The Balaban J connectivity index is 1.87. The summed E-state index contributed by atoms with van der Waals surface area (Å²) in [6.07, 6.45) is 0. The number of sulfonamides is 2. The summed E-state index contributed by atoms with van der Waals surface area (Å²) in [4.78, 5) is 0.125. The molecule has 0 radical (unpaired) electrons. The third-order valence-electron chi connectivity index (χ3n) is 4.99. The fourth-order valence-electron chi connectivity index (χ4n) is 3.32. The Labute approximate surface area is 178 Å². The molecule has 1 N–H and O–H groups in total. The SMILES string of the molecule is COc1ccccc1CN(CCS(=O)(=O)N1CCNCC1)S(=O)(=O)c1ccccc1. The maximum Gasteiger partial charge on any atom is 0.243 e. The molecule has 0 unspecified atom stereocenters. The van der Waals surface area contributed by atoms with Gasteiger partial charge >= 0.3 is 0 Å². The Kier molecular flexibility index (Phi) is 7.48. The van der Waals surface area contributed by atoms with Gasteiger partial charge in [-0.05, 0) is 18.2 Å². The van der Waals surface area contributed by atoms with Crippen LogP contribution in [0.5, 0.6) is 5.75 Å². The number of hydrogen-bond donors (Lipinski definition) is 1. The Morgan fingerprint density at radius 2 is 1.60 bits per heavy atom. The first-order valence-corrected chi connectivity index (χ1v) is 12.7. The standard InChI is InChI=1S/C20H27N3O5S2/c1-28-20-10-6-5-7-18(20)17-23(30(26,27)19-8-3-2-4-9-19)15-16-29(24,25)22-13-11-21-12-14-22/h2-10,21H,11-17H2,1H3. The van der Waals surface area contributed by atoms with Crippen LogP contribution in [0.25, 0.3) is 0 Å². The molecular weight excluding hydrogens is 426 g/mol. The van der Waals surface area contributed by atoms with Crippen molar-refractivity contribution in [2.75, 3.05) is 45.6 Å². The van der Waals surface area contributed by atoms with Crippen molar-refractivity contribution in [2.24, 2.45) is 0 Å². The smallest absolute Gasteiger partial charge is 0.243 e. The number of piperazine rings is 1. The van der Waals surface area contributed by atoms with E-state index in [-0.39, 0.29) is 23.7 Å². The summed E-state index contributed by atoms with van der Waals surface area (Å²) in [6.45, 7) is 1.82. The summed E-state index contributed by atoms with van der Waals surface area (Å²) in [5.74, 6) is 0.268. The van der Waals surface area contributed by atoms with Crippen LogP contribution in [-0.4, -0.2) is 71.0 Å². The summed E-state index contributed by atoms with van der Waals surface area (Å²) in [5, 5.41) is 3.12. The highest BCUT2D eigenvalue weighted by atomic mass is 32.2. The third-order valence-corrected chi connectivity index (χ3v) is 8.70. The quantitative estimate of drug-likeness (QED) is 0.611. The molecule has 0 atom stereocenters. The van der Waals surface area contributed by atoms with Gasteiger partial charge in [-0.2, -0.15) is 8.61 Å². The molecule has 0 spiro atoms. The molecule has 0 amide bonds. The first-order valence-electron chi connectivity index (χ1n) is 9.70. The molecule has 164 valence electrons. The van der Waals surface area contributed by atoms with E-state index in [1.807, 2.05) is 0 Å². The van der Waals surface area contributed by atoms with Crippen molar-refractivity contribution in [2.45, 2.75) is 11.4 Å². The van der Waals surface area contributed by atoms with Gasteiger partial charge in [-0.15, -0.1) is 0 Å². The zero-order valence-corrected chi connectivity index (χ0v) is 18.5. The second-order valence-corrected chi connectivity index (χ2v) is 11.0. The molecule has 1 aliphatic heterocycles. The van der Waals surface area contributed by atoms with Gasteiger partial charge in [-0.3, -0.25) is 0 Å². The van der Waals surface area contributed by atoms with Crippen molar-refractivity contribution in [1.29, 1.82) is 0 Å². The summed E-state index contributed by atoms with van der Waals surface area (Å²) < 4.78 is 60.1.